The van der Waals surface area contributed by atoms with Gasteiger partial charge in [-0.15, -0.1) is 0 Å². The maximum atomic E-state index is 14.9. The van der Waals surface area contributed by atoms with Gasteiger partial charge in [-0.25, -0.2) is 43.9 Å². The topological polar surface area (TPSA) is 0 Å². The monoisotopic (exact) mass is 510 g/mol. The van der Waals surface area contributed by atoms with Crippen molar-refractivity contribution >= 4 is 21.5 Å². The van der Waals surface area contributed by atoms with Gasteiger partial charge in [0.15, 0.2) is 52.4 Å². The van der Waals surface area contributed by atoms with Crippen LogP contribution in [-0.2, 0) is 0 Å². The van der Waals surface area contributed by atoms with Gasteiger partial charge in [0, 0.05) is 5.56 Å². The largest absolute Gasteiger partial charge is 0.204 e. The zero-order valence-electron chi connectivity index (χ0n) is 17.4. The van der Waals surface area contributed by atoms with Crippen LogP contribution in [0, 0.1) is 58.2 Å². The number of benzene rings is 5. The molecule has 0 saturated heterocycles. The van der Waals surface area contributed by atoms with Gasteiger partial charge < -0.3 is 0 Å². The molecule has 5 aromatic rings. The lowest BCUT2D eigenvalue weighted by molar-refractivity contribution is 0.381. The van der Waals surface area contributed by atoms with E-state index in [1.165, 1.54) is 24.3 Å². The minimum atomic E-state index is -2.42. The molecule has 0 atom stereocenters. The van der Waals surface area contributed by atoms with Crippen LogP contribution < -0.4 is 0 Å². The highest BCUT2D eigenvalue weighted by Gasteiger charge is 2.30. The molecule has 0 spiro atoms. The molecule has 0 unspecified atom stereocenters. The highest BCUT2D eigenvalue weighted by Crippen LogP contribution is 2.46. The van der Waals surface area contributed by atoms with E-state index in [0.717, 1.165) is 0 Å². The Labute approximate surface area is 195 Å². The third-order valence-electron chi connectivity index (χ3n) is 5.80. The maximum absolute atomic E-state index is 14.9. The van der Waals surface area contributed by atoms with E-state index in [1.54, 1.807) is 0 Å². The lowest BCUT2D eigenvalue weighted by Crippen LogP contribution is -2.05. The number of halogens is 10. The van der Waals surface area contributed by atoms with Crippen molar-refractivity contribution in [1.29, 1.82) is 0 Å². The molecule has 0 aliphatic heterocycles. The minimum Gasteiger partial charge on any atom is -0.204 e. The Hall–Kier alpha value is -4.08. The second-order valence-corrected chi connectivity index (χ2v) is 7.81. The Morgan fingerprint density at radius 1 is 0.333 bits per heavy atom. The van der Waals surface area contributed by atoms with Crippen LogP contribution in [0.15, 0.2) is 48.5 Å². The first kappa shape index (κ1) is 23.7. The number of hydrogen-bond donors (Lipinski definition) is 0. The molecule has 0 heterocycles. The van der Waals surface area contributed by atoms with Crippen LogP contribution in [-0.4, -0.2) is 0 Å². The molecule has 0 aliphatic carbocycles. The second-order valence-electron chi connectivity index (χ2n) is 7.81. The Morgan fingerprint density at radius 2 is 0.750 bits per heavy atom. The van der Waals surface area contributed by atoms with E-state index in [1.807, 2.05) is 0 Å². The van der Waals surface area contributed by atoms with Crippen molar-refractivity contribution in [1.82, 2.24) is 0 Å². The second kappa shape index (κ2) is 8.25. The predicted molar refractivity (Wildman–Crippen MR) is 112 cm³/mol. The van der Waals surface area contributed by atoms with Crippen molar-refractivity contribution < 1.29 is 43.9 Å². The highest BCUT2D eigenvalue weighted by atomic mass is 19.2. The Morgan fingerprint density at radius 3 is 1.25 bits per heavy atom. The average Bonchev–Trinajstić information content (AvgIpc) is 2.85. The summed E-state index contributed by atoms with van der Waals surface area (Å²) in [5, 5.41) is -1.23. The Balaban J connectivity index is 2.08. The van der Waals surface area contributed by atoms with E-state index < -0.39 is 80.1 Å². The first-order chi connectivity index (χ1) is 17.0. The van der Waals surface area contributed by atoms with Crippen molar-refractivity contribution in [2.75, 3.05) is 0 Å². The normalized spacial score (nSPS) is 11.6. The molecule has 0 aliphatic rings. The third-order valence-corrected chi connectivity index (χ3v) is 5.80. The van der Waals surface area contributed by atoms with Gasteiger partial charge >= 0.3 is 0 Å². The summed E-state index contributed by atoms with van der Waals surface area (Å²) in [7, 11) is 0. The molecule has 0 fully saturated rings. The van der Waals surface area contributed by atoms with E-state index in [9.17, 15) is 43.9 Å². The summed E-state index contributed by atoms with van der Waals surface area (Å²) in [6, 6.07) is 7.28. The van der Waals surface area contributed by atoms with Gasteiger partial charge in [0.2, 0.25) is 5.82 Å². The van der Waals surface area contributed by atoms with Crippen molar-refractivity contribution in [2.45, 2.75) is 0 Å². The van der Waals surface area contributed by atoms with Crippen LogP contribution in [0.3, 0.4) is 0 Å². The maximum Gasteiger partial charge on any atom is 0.200 e. The lowest BCUT2D eigenvalue weighted by Gasteiger charge is -2.19. The van der Waals surface area contributed by atoms with Gasteiger partial charge in [0.1, 0.15) is 0 Å². The summed E-state index contributed by atoms with van der Waals surface area (Å²) in [6.07, 6.45) is 0. The van der Waals surface area contributed by atoms with Crippen molar-refractivity contribution in [3.05, 3.63) is 107 Å². The van der Waals surface area contributed by atoms with E-state index in [4.69, 9.17) is 0 Å². The molecule has 0 amide bonds. The molecular weight excluding hydrogens is 502 g/mol. The SMILES string of the molecule is Fc1cc2c(-c3cc(F)c(F)c(F)c3)c3ccccc3c(-c3c(F)c(F)c(F)c(F)c3F)c2cc1F. The van der Waals surface area contributed by atoms with Crippen molar-refractivity contribution in [3.63, 3.8) is 0 Å². The molecule has 0 nitrogen and oxygen atoms in total. The predicted octanol–water partition coefficient (Wildman–Crippen LogP) is 8.72. The Bertz CT molecular complexity index is 1690. The van der Waals surface area contributed by atoms with Crippen LogP contribution in [0.5, 0.6) is 0 Å². The smallest absolute Gasteiger partial charge is 0.200 e. The fourth-order valence-electron chi connectivity index (χ4n) is 4.27. The summed E-state index contributed by atoms with van der Waals surface area (Å²) < 4.78 is 142. The average molecular weight is 510 g/mol. The molecule has 182 valence electrons. The number of fused-ring (bicyclic) bond motifs is 2. The standard InChI is InChI=1S/C26H8F10/c27-14-7-12-13(8-15(14)28)19(20-22(32)24(34)26(36)25(35)23(20)33)11-4-2-1-3-10(11)18(12)9-5-16(29)21(31)17(30)6-9/h1-8H. The summed E-state index contributed by atoms with van der Waals surface area (Å²) in [5.74, 6) is -19.5. The first-order valence-corrected chi connectivity index (χ1v) is 10.0. The quantitative estimate of drug-likeness (QED) is 0.0965. The van der Waals surface area contributed by atoms with E-state index >= 15 is 0 Å². The number of hydrogen-bond acceptors (Lipinski definition) is 0. The molecule has 0 radical (unpaired) electrons. The van der Waals surface area contributed by atoms with Gasteiger partial charge in [-0.1, -0.05) is 24.3 Å². The molecule has 5 aromatic carbocycles. The van der Waals surface area contributed by atoms with Gasteiger partial charge in [0.05, 0.1) is 5.56 Å². The zero-order chi connectivity index (χ0) is 26.0. The molecule has 5 rings (SSSR count). The zero-order valence-corrected chi connectivity index (χ0v) is 17.4. The molecule has 36 heavy (non-hydrogen) atoms. The van der Waals surface area contributed by atoms with Crippen LogP contribution in [0.4, 0.5) is 43.9 Å². The summed E-state index contributed by atoms with van der Waals surface area (Å²) in [6.45, 7) is 0. The highest BCUT2D eigenvalue weighted by molar-refractivity contribution is 6.21. The summed E-state index contributed by atoms with van der Waals surface area (Å²) >= 11 is 0. The van der Waals surface area contributed by atoms with E-state index in [0.29, 0.717) is 24.3 Å². The van der Waals surface area contributed by atoms with Gasteiger partial charge in [-0.3, -0.25) is 0 Å². The third kappa shape index (κ3) is 3.31. The summed E-state index contributed by atoms with van der Waals surface area (Å²) in [5.41, 5.74) is -2.66. The first-order valence-electron chi connectivity index (χ1n) is 10.0. The van der Waals surface area contributed by atoms with Crippen molar-refractivity contribution in [3.8, 4) is 22.3 Å². The molecule has 0 saturated carbocycles. The Kier molecular flexibility index (Phi) is 5.42. The molecule has 0 bridgehead atoms. The van der Waals surface area contributed by atoms with E-state index in [-0.39, 0.29) is 21.9 Å². The lowest BCUT2D eigenvalue weighted by atomic mass is 9.85. The van der Waals surface area contributed by atoms with Crippen LogP contribution in [0.1, 0.15) is 0 Å². The van der Waals surface area contributed by atoms with Gasteiger partial charge in [0.25, 0.3) is 0 Å². The minimum absolute atomic E-state index is 0.0830. The molecule has 10 heteroatoms. The fraction of sp³-hybridized carbons (Fsp3) is 0. The molecule has 0 aromatic heterocycles. The van der Waals surface area contributed by atoms with Gasteiger partial charge in [-0.2, -0.15) is 0 Å². The van der Waals surface area contributed by atoms with Crippen molar-refractivity contribution in [2.24, 2.45) is 0 Å². The van der Waals surface area contributed by atoms with Crippen LogP contribution in [0.25, 0.3) is 43.8 Å². The molecule has 0 N–H and O–H groups in total. The van der Waals surface area contributed by atoms with E-state index in [2.05, 4.69) is 0 Å². The fourth-order valence-corrected chi connectivity index (χ4v) is 4.27. The van der Waals surface area contributed by atoms with Crippen LogP contribution >= 0.6 is 0 Å². The number of rotatable bonds is 2. The molecular formula is C26H8F10. The van der Waals surface area contributed by atoms with Gasteiger partial charge in [-0.05, 0) is 56.9 Å². The summed E-state index contributed by atoms with van der Waals surface area (Å²) in [4.78, 5) is 0. The van der Waals surface area contributed by atoms with Crippen LogP contribution in [0.2, 0.25) is 0 Å².